The van der Waals surface area contributed by atoms with Crippen molar-refractivity contribution in [3.63, 3.8) is 0 Å². The van der Waals surface area contributed by atoms with Crippen LogP contribution in [0.3, 0.4) is 0 Å². The van der Waals surface area contributed by atoms with E-state index < -0.39 is 11.1 Å². The zero-order valence-corrected chi connectivity index (χ0v) is 24.3. The highest BCUT2D eigenvalue weighted by Crippen LogP contribution is 2.53. The van der Waals surface area contributed by atoms with Crippen molar-refractivity contribution in [1.29, 1.82) is 0 Å². The van der Waals surface area contributed by atoms with Gasteiger partial charge < -0.3 is 20.5 Å². The number of halogens is 1. The normalized spacial score (nSPS) is 30.8. The summed E-state index contributed by atoms with van der Waals surface area (Å²) in [6.07, 6.45) is 10.8. The Labute approximate surface area is 238 Å². The second kappa shape index (κ2) is 11.9. The molecule has 212 valence electrons. The molecule has 2 aliphatic heterocycles. The molecule has 0 aromatic heterocycles. The number of aryl methyl sites for hydroxylation is 1. The Morgan fingerprint density at radius 1 is 1.26 bits per heavy atom. The number of benzene rings is 1. The van der Waals surface area contributed by atoms with E-state index in [0.717, 1.165) is 86.8 Å². The number of nitrogens with two attached hydrogens (primary N) is 1. The molecular formula is C32H44ClN3O3. The predicted octanol–water partition coefficient (Wildman–Crippen LogP) is 5.41. The van der Waals surface area contributed by atoms with Gasteiger partial charge in [0.1, 0.15) is 11.1 Å². The fourth-order valence-electron chi connectivity index (χ4n) is 7.30. The van der Waals surface area contributed by atoms with Crippen molar-refractivity contribution in [2.24, 2.45) is 16.6 Å². The molecule has 2 bridgehead atoms. The predicted molar refractivity (Wildman–Crippen MR) is 158 cm³/mol. The number of nitrogens with zero attached hydrogens (tertiary/aromatic N) is 2. The van der Waals surface area contributed by atoms with E-state index in [1.807, 2.05) is 11.0 Å². The largest absolute Gasteiger partial charge is 0.385 e. The molecule has 0 radical (unpaired) electrons. The van der Waals surface area contributed by atoms with Gasteiger partial charge in [0.25, 0.3) is 0 Å². The summed E-state index contributed by atoms with van der Waals surface area (Å²) in [4.78, 5) is 21.0. The summed E-state index contributed by atoms with van der Waals surface area (Å²) >= 11 is 6.96. The highest BCUT2D eigenvalue weighted by Gasteiger charge is 2.58. The Hall–Kier alpha value is -1.99. The molecule has 2 heterocycles. The average molecular weight is 554 g/mol. The molecule has 5 rings (SSSR count). The van der Waals surface area contributed by atoms with Gasteiger partial charge in [0, 0.05) is 56.5 Å². The number of hydrogen-bond acceptors (Lipinski definition) is 5. The molecular weight excluding hydrogens is 510 g/mol. The van der Waals surface area contributed by atoms with Crippen molar-refractivity contribution in [2.75, 3.05) is 26.8 Å². The van der Waals surface area contributed by atoms with Crippen LogP contribution in [0.15, 0.2) is 45.9 Å². The number of aliphatic hydroxyl groups is 1. The minimum absolute atomic E-state index is 0.0198. The summed E-state index contributed by atoms with van der Waals surface area (Å²) in [5.41, 5.74) is 9.22. The van der Waals surface area contributed by atoms with E-state index in [1.54, 1.807) is 7.11 Å². The smallest absolute Gasteiger partial charge is 0.225 e. The number of fused-ring (bicyclic) bond motifs is 2. The van der Waals surface area contributed by atoms with Crippen molar-refractivity contribution in [2.45, 2.75) is 94.7 Å². The number of piperidine rings is 1. The molecule has 1 aromatic rings. The lowest BCUT2D eigenvalue weighted by molar-refractivity contribution is -0.142. The first kappa shape index (κ1) is 28.5. The van der Waals surface area contributed by atoms with Crippen LogP contribution in [0.2, 0.25) is 0 Å². The molecule has 1 amide bonds. The molecule has 7 heteroatoms. The fourth-order valence-corrected chi connectivity index (χ4v) is 7.65. The number of methoxy groups -OCH3 is 1. The van der Waals surface area contributed by atoms with Crippen LogP contribution in [0.1, 0.15) is 82.3 Å². The van der Waals surface area contributed by atoms with Crippen LogP contribution in [-0.4, -0.2) is 65.6 Å². The maximum atomic E-state index is 13.7. The lowest BCUT2D eigenvalue weighted by Crippen LogP contribution is -2.65. The Morgan fingerprint density at radius 3 is 2.79 bits per heavy atom. The molecule has 2 aliphatic carbocycles. The highest BCUT2D eigenvalue weighted by atomic mass is 35.5. The Kier molecular flexibility index (Phi) is 8.68. The summed E-state index contributed by atoms with van der Waals surface area (Å²) in [5, 5.41) is 13.6. The third-order valence-electron chi connectivity index (χ3n) is 9.48. The van der Waals surface area contributed by atoms with Crippen LogP contribution in [-0.2, 0) is 16.0 Å². The summed E-state index contributed by atoms with van der Waals surface area (Å²) < 4.78 is 5.33. The molecule has 1 aromatic carbocycles. The van der Waals surface area contributed by atoms with Gasteiger partial charge in [0.05, 0.1) is 5.03 Å². The third kappa shape index (κ3) is 5.50. The first-order valence-electron chi connectivity index (χ1n) is 14.8. The standard InChI is InChI=1S/C32H44ClN3O3/c1-3-22-8-6-9-24(18-22)29-27-19-26(20-28(29)33)35-31(32(27,38)15-4-5-17-39-2)14-7-16-36(21-31)30(37)23-10-12-25(34)13-11-23/h6,8-9,18,20,23,25,38H,3-5,7,10-17,19,21,34H2,1-2H3/t23?,25?,31-,32+/m0/s1. The Morgan fingerprint density at radius 2 is 2.05 bits per heavy atom. The zero-order valence-electron chi connectivity index (χ0n) is 23.6. The first-order valence-corrected chi connectivity index (χ1v) is 15.2. The van der Waals surface area contributed by atoms with E-state index in [2.05, 4.69) is 31.2 Å². The molecule has 39 heavy (non-hydrogen) atoms. The van der Waals surface area contributed by atoms with Crippen molar-refractivity contribution in [3.8, 4) is 0 Å². The van der Waals surface area contributed by atoms with E-state index in [4.69, 9.17) is 27.1 Å². The van der Waals surface area contributed by atoms with Gasteiger partial charge in [-0.25, -0.2) is 0 Å². The zero-order chi connectivity index (χ0) is 27.6. The van der Waals surface area contributed by atoms with Crippen molar-refractivity contribution in [1.82, 2.24) is 4.90 Å². The van der Waals surface area contributed by atoms with Gasteiger partial charge in [-0.2, -0.15) is 0 Å². The number of aliphatic imine (C=N–C) groups is 1. The molecule has 2 fully saturated rings. The second-order valence-electron chi connectivity index (χ2n) is 12.0. The van der Waals surface area contributed by atoms with Gasteiger partial charge in [-0.1, -0.05) is 42.8 Å². The van der Waals surface area contributed by atoms with Crippen LogP contribution in [0.25, 0.3) is 5.57 Å². The number of amides is 1. The molecule has 3 N–H and O–H groups in total. The molecule has 1 spiro atoms. The van der Waals surface area contributed by atoms with Gasteiger partial charge in [-0.05, 0) is 87.0 Å². The average Bonchev–Trinajstić information content (AvgIpc) is 2.94. The number of unbranched alkanes of at least 4 members (excludes halogenated alkanes) is 1. The summed E-state index contributed by atoms with van der Waals surface area (Å²) in [6.45, 7) is 3.96. The molecule has 1 saturated carbocycles. The van der Waals surface area contributed by atoms with E-state index in [9.17, 15) is 9.90 Å². The van der Waals surface area contributed by atoms with E-state index in [-0.39, 0.29) is 17.9 Å². The van der Waals surface area contributed by atoms with Gasteiger partial charge >= 0.3 is 0 Å². The topological polar surface area (TPSA) is 88.2 Å². The second-order valence-corrected chi connectivity index (χ2v) is 12.4. The lowest BCUT2D eigenvalue weighted by Gasteiger charge is -2.55. The van der Waals surface area contributed by atoms with Crippen LogP contribution < -0.4 is 5.73 Å². The summed E-state index contributed by atoms with van der Waals surface area (Å²) in [7, 11) is 1.71. The maximum absolute atomic E-state index is 13.7. The monoisotopic (exact) mass is 553 g/mol. The van der Waals surface area contributed by atoms with Crippen LogP contribution >= 0.6 is 11.6 Å². The maximum Gasteiger partial charge on any atom is 0.225 e. The summed E-state index contributed by atoms with van der Waals surface area (Å²) in [6, 6.07) is 8.69. The molecule has 4 aliphatic rings. The molecule has 0 unspecified atom stereocenters. The van der Waals surface area contributed by atoms with Crippen LogP contribution in [0.5, 0.6) is 0 Å². The Balaban J connectivity index is 1.56. The fraction of sp³-hybridized carbons (Fsp3) is 0.625. The Bertz CT molecular complexity index is 1170. The number of rotatable bonds is 8. The minimum atomic E-state index is -1.20. The van der Waals surface area contributed by atoms with Gasteiger partial charge in [-0.15, -0.1) is 0 Å². The molecule has 6 nitrogen and oxygen atoms in total. The minimum Gasteiger partial charge on any atom is -0.385 e. The third-order valence-corrected chi connectivity index (χ3v) is 9.78. The van der Waals surface area contributed by atoms with Gasteiger partial charge in [0.2, 0.25) is 5.91 Å². The summed E-state index contributed by atoms with van der Waals surface area (Å²) in [5.74, 6) is 0.225. The number of allylic oxidation sites excluding steroid dienone is 3. The van der Waals surface area contributed by atoms with E-state index >= 15 is 0 Å². The molecule has 1 saturated heterocycles. The SMILES string of the molecule is CCc1cccc(C2=C3CC(=N[C@]4(CCCN(C(=O)C5CCC(N)CC5)C4)[C@@]3(O)CCCCOC)C=C2Cl)c1. The first-order chi connectivity index (χ1) is 18.8. The quantitative estimate of drug-likeness (QED) is 0.421. The van der Waals surface area contributed by atoms with E-state index in [1.165, 1.54) is 5.56 Å². The van der Waals surface area contributed by atoms with Crippen LogP contribution in [0.4, 0.5) is 0 Å². The van der Waals surface area contributed by atoms with Crippen LogP contribution in [0, 0.1) is 5.92 Å². The van der Waals surface area contributed by atoms with Crippen molar-refractivity contribution >= 4 is 28.8 Å². The number of carbonyl (C=O) groups excluding carboxylic acids is 1. The molecule has 2 atom stereocenters. The highest BCUT2D eigenvalue weighted by molar-refractivity contribution is 6.40. The van der Waals surface area contributed by atoms with Crippen molar-refractivity contribution < 1.29 is 14.6 Å². The van der Waals surface area contributed by atoms with E-state index in [0.29, 0.717) is 31.0 Å². The van der Waals surface area contributed by atoms with Gasteiger partial charge in [0.15, 0.2) is 0 Å². The number of ether oxygens (including phenoxy) is 1. The number of carbonyl (C=O) groups is 1. The number of likely N-dealkylation sites (tertiary alicyclic amines) is 1. The van der Waals surface area contributed by atoms with Crippen molar-refractivity contribution in [3.05, 3.63) is 52.1 Å². The van der Waals surface area contributed by atoms with Gasteiger partial charge in [-0.3, -0.25) is 9.79 Å². The number of hydrogen-bond donors (Lipinski definition) is 2. The lowest BCUT2D eigenvalue weighted by atomic mass is 9.62.